The lowest BCUT2D eigenvalue weighted by molar-refractivity contribution is -0.393. The van der Waals surface area contributed by atoms with E-state index in [1.54, 1.807) is 12.1 Å². The number of aliphatic imine (C=N–C) groups is 1. The summed E-state index contributed by atoms with van der Waals surface area (Å²) in [6.45, 7) is 3.87. The van der Waals surface area contributed by atoms with Crippen molar-refractivity contribution in [2.24, 2.45) is 4.99 Å². The highest BCUT2D eigenvalue weighted by Crippen LogP contribution is 2.39. The van der Waals surface area contributed by atoms with Gasteiger partial charge < -0.3 is 5.32 Å². The Kier molecular flexibility index (Phi) is 6.38. The van der Waals surface area contributed by atoms with Gasteiger partial charge in [-0.15, -0.1) is 0 Å². The molecule has 8 nitrogen and oxygen atoms in total. The second-order valence-corrected chi connectivity index (χ2v) is 8.65. The van der Waals surface area contributed by atoms with E-state index in [0.29, 0.717) is 11.4 Å². The molecular formula is C25H19BrN4O4. The zero-order valence-electron chi connectivity index (χ0n) is 18.3. The van der Waals surface area contributed by atoms with Crippen LogP contribution in [-0.2, 0) is 0 Å². The fourth-order valence-electron chi connectivity index (χ4n) is 3.74. The van der Waals surface area contributed by atoms with Gasteiger partial charge in [-0.05, 0) is 54.6 Å². The van der Waals surface area contributed by atoms with Gasteiger partial charge >= 0.3 is 0 Å². The van der Waals surface area contributed by atoms with Gasteiger partial charge in [0.2, 0.25) is 0 Å². The molecule has 0 aromatic heterocycles. The fraction of sp³-hybridized carbons (Fsp3) is 0.0800. The van der Waals surface area contributed by atoms with Crippen LogP contribution in [0.15, 0.2) is 76.2 Å². The Labute approximate surface area is 203 Å². The van der Waals surface area contributed by atoms with Gasteiger partial charge in [-0.1, -0.05) is 46.3 Å². The van der Waals surface area contributed by atoms with Crippen molar-refractivity contribution in [3.8, 4) is 0 Å². The number of non-ortho nitro benzene ring substituents is 1. The van der Waals surface area contributed by atoms with Crippen molar-refractivity contribution in [1.29, 1.82) is 0 Å². The topological polar surface area (TPSA) is 111 Å². The normalized spacial score (nSPS) is 11.1. The average molecular weight is 519 g/mol. The first kappa shape index (κ1) is 23.1. The third-order valence-electron chi connectivity index (χ3n) is 5.43. The molecule has 4 rings (SSSR count). The molecule has 0 bridgehead atoms. The smallest absolute Gasteiger partial charge is 0.300 e. The maximum absolute atomic E-state index is 12.0. The number of hydrogen-bond donors (Lipinski definition) is 1. The summed E-state index contributed by atoms with van der Waals surface area (Å²) in [7, 11) is 0. The van der Waals surface area contributed by atoms with E-state index in [4.69, 9.17) is 0 Å². The van der Waals surface area contributed by atoms with Crippen LogP contribution in [0.5, 0.6) is 0 Å². The monoisotopic (exact) mass is 518 g/mol. The number of nitrogens with one attached hydrogen (secondary N) is 1. The van der Waals surface area contributed by atoms with Gasteiger partial charge in [0.05, 0.1) is 21.6 Å². The molecule has 1 N–H and O–H groups in total. The Bertz CT molecular complexity index is 1470. The van der Waals surface area contributed by atoms with Crippen molar-refractivity contribution in [3.05, 3.63) is 108 Å². The van der Waals surface area contributed by atoms with E-state index in [-0.39, 0.29) is 16.9 Å². The summed E-state index contributed by atoms with van der Waals surface area (Å²) >= 11 is 3.36. The van der Waals surface area contributed by atoms with Crippen molar-refractivity contribution in [3.63, 3.8) is 0 Å². The lowest BCUT2D eigenvalue weighted by Gasteiger charge is -2.16. The van der Waals surface area contributed by atoms with Crippen LogP contribution < -0.4 is 5.32 Å². The van der Waals surface area contributed by atoms with Crippen molar-refractivity contribution >= 4 is 61.4 Å². The molecule has 170 valence electrons. The maximum atomic E-state index is 12.0. The Hall–Kier alpha value is -4.11. The van der Waals surface area contributed by atoms with E-state index in [2.05, 4.69) is 26.2 Å². The van der Waals surface area contributed by atoms with Crippen LogP contribution in [-0.4, -0.2) is 16.1 Å². The molecule has 0 unspecified atom stereocenters. The summed E-state index contributed by atoms with van der Waals surface area (Å²) in [4.78, 5) is 26.6. The first-order valence-corrected chi connectivity index (χ1v) is 11.1. The predicted molar refractivity (Wildman–Crippen MR) is 138 cm³/mol. The van der Waals surface area contributed by atoms with Crippen molar-refractivity contribution < 1.29 is 9.85 Å². The Morgan fingerprint density at radius 2 is 1.62 bits per heavy atom. The molecule has 0 spiro atoms. The Morgan fingerprint density at radius 1 is 0.882 bits per heavy atom. The minimum Gasteiger partial charge on any atom is -0.349 e. The molecule has 0 fully saturated rings. The summed E-state index contributed by atoms with van der Waals surface area (Å²) in [6, 6.07) is 19.2. The number of fused-ring (bicyclic) bond motifs is 1. The van der Waals surface area contributed by atoms with E-state index in [0.717, 1.165) is 32.4 Å². The van der Waals surface area contributed by atoms with Gasteiger partial charge in [-0.3, -0.25) is 25.2 Å². The average Bonchev–Trinajstić information content (AvgIpc) is 2.80. The van der Waals surface area contributed by atoms with Crippen LogP contribution in [0.4, 0.5) is 28.4 Å². The Morgan fingerprint density at radius 3 is 2.29 bits per heavy atom. The molecule has 0 aliphatic heterocycles. The Balaban J connectivity index is 1.93. The SMILES string of the molecule is Cc1ccc2cccc(C)c2c1Nc1c(C=Nc2ccc(Br)cc2)cc([N+](=O)[O-])cc1[N+](=O)[O-]. The van der Waals surface area contributed by atoms with E-state index in [1.807, 2.05) is 56.3 Å². The van der Waals surface area contributed by atoms with E-state index in [9.17, 15) is 20.2 Å². The molecule has 4 aromatic rings. The van der Waals surface area contributed by atoms with Crippen LogP contribution in [0, 0.1) is 34.1 Å². The molecule has 0 atom stereocenters. The molecule has 0 heterocycles. The van der Waals surface area contributed by atoms with Crippen LogP contribution >= 0.6 is 15.9 Å². The minimum atomic E-state index is -0.652. The largest absolute Gasteiger partial charge is 0.349 e. The number of nitro benzene ring substituents is 2. The highest BCUT2D eigenvalue weighted by Gasteiger charge is 2.25. The van der Waals surface area contributed by atoms with Crippen molar-refractivity contribution in [1.82, 2.24) is 0 Å². The second kappa shape index (κ2) is 9.40. The summed E-state index contributed by atoms with van der Waals surface area (Å²) < 4.78 is 0.876. The highest BCUT2D eigenvalue weighted by molar-refractivity contribution is 9.10. The van der Waals surface area contributed by atoms with Crippen LogP contribution in [0.3, 0.4) is 0 Å². The summed E-state index contributed by atoms with van der Waals surface area (Å²) in [5, 5.41) is 28.6. The zero-order valence-corrected chi connectivity index (χ0v) is 19.9. The van der Waals surface area contributed by atoms with Gasteiger partial charge in [0, 0.05) is 33.4 Å². The fourth-order valence-corrected chi connectivity index (χ4v) is 4.01. The number of nitrogens with zero attached hydrogens (tertiary/aromatic N) is 3. The lowest BCUT2D eigenvalue weighted by Crippen LogP contribution is -2.05. The number of anilines is 2. The lowest BCUT2D eigenvalue weighted by atomic mass is 9.99. The molecule has 34 heavy (non-hydrogen) atoms. The molecule has 0 amide bonds. The van der Waals surface area contributed by atoms with Crippen molar-refractivity contribution in [2.75, 3.05) is 5.32 Å². The summed E-state index contributed by atoms with van der Waals surface area (Å²) in [5.41, 5.74) is 2.75. The number of nitro groups is 2. The highest BCUT2D eigenvalue weighted by atomic mass is 79.9. The van der Waals surface area contributed by atoms with Gasteiger partial charge in [-0.2, -0.15) is 0 Å². The minimum absolute atomic E-state index is 0.135. The molecule has 9 heteroatoms. The number of hydrogen-bond acceptors (Lipinski definition) is 6. The molecule has 0 aliphatic carbocycles. The third kappa shape index (κ3) is 4.65. The number of benzene rings is 4. The van der Waals surface area contributed by atoms with Crippen LogP contribution in [0.1, 0.15) is 16.7 Å². The molecule has 0 aliphatic rings. The first-order valence-electron chi connectivity index (χ1n) is 10.3. The van der Waals surface area contributed by atoms with E-state index >= 15 is 0 Å². The maximum Gasteiger partial charge on any atom is 0.300 e. The van der Waals surface area contributed by atoms with Gasteiger partial charge in [0.25, 0.3) is 11.4 Å². The van der Waals surface area contributed by atoms with Gasteiger partial charge in [-0.25, -0.2) is 0 Å². The second-order valence-electron chi connectivity index (χ2n) is 7.73. The summed E-state index contributed by atoms with van der Waals surface area (Å²) in [5.74, 6) is 0. The van der Waals surface area contributed by atoms with Gasteiger partial charge in [0.1, 0.15) is 5.69 Å². The van der Waals surface area contributed by atoms with Crippen LogP contribution in [0.2, 0.25) is 0 Å². The summed E-state index contributed by atoms with van der Waals surface area (Å²) in [6.07, 6.45) is 1.40. The first-order chi connectivity index (χ1) is 16.2. The standard InChI is InChI=1S/C25H19BrN4O4/c1-15-4-3-5-17-7-6-16(2)24(23(15)17)28-25-18(14-27-20-10-8-19(26)9-11-20)12-21(29(31)32)13-22(25)30(33)34/h3-14,28H,1-2H3. The molecule has 0 saturated carbocycles. The van der Waals surface area contributed by atoms with E-state index < -0.39 is 15.5 Å². The number of aryl methyl sites for hydroxylation is 2. The van der Waals surface area contributed by atoms with Gasteiger partial charge in [0.15, 0.2) is 0 Å². The molecule has 0 saturated heterocycles. The molecule has 0 radical (unpaired) electrons. The molecule has 4 aromatic carbocycles. The number of halogens is 1. The van der Waals surface area contributed by atoms with Crippen LogP contribution in [0.25, 0.3) is 10.8 Å². The quantitative estimate of drug-likeness (QED) is 0.161. The van der Waals surface area contributed by atoms with Crippen molar-refractivity contribution in [2.45, 2.75) is 13.8 Å². The molecular weight excluding hydrogens is 500 g/mol. The number of rotatable bonds is 6. The zero-order chi connectivity index (χ0) is 24.4. The predicted octanol–water partition coefficient (Wildman–Crippen LogP) is 7.53. The third-order valence-corrected chi connectivity index (χ3v) is 5.96. The van der Waals surface area contributed by atoms with E-state index in [1.165, 1.54) is 12.3 Å².